The molecule has 0 spiro atoms. The lowest BCUT2D eigenvalue weighted by Gasteiger charge is -2.21. The van der Waals surface area contributed by atoms with Gasteiger partial charge in [-0.1, -0.05) is 13.0 Å². The fraction of sp³-hybridized carbons (Fsp3) is 0.286. The minimum Gasteiger partial charge on any atom is -0.326 e. The first-order valence-corrected chi connectivity index (χ1v) is 8.52. The standard InChI is InChI=1S/C14H15BrFNS2/c1-2-11(17)14(12-6-7-13(15)19-12)18-10-5-3-4-9(16)8-10/h3-8,11,14H,2,17H2,1H3. The second-order valence-electron chi connectivity index (χ2n) is 4.21. The molecule has 0 amide bonds. The van der Waals surface area contributed by atoms with Crippen LogP contribution in [0.3, 0.4) is 0 Å². The van der Waals surface area contributed by atoms with Crippen molar-refractivity contribution in [3.63, 3.8) is 0 Å². The highest BCUT2D eigenvalue weighted by atomic mass is 79.9. The van der Waals surface area contributed by atoms with Crippen molar-refractivity contribution < 1.29 is 4.39 Å². The summed E-state index contributed by atoms with van der Waals surface area (Å²) >= 11 is 6.79. The SMILES string of the molecule is CCC(N)C(Sc1cccc(F)c1)c1ccc(Br)s1. The fourth-order valence-corrected chi connectivity index (χ4v) is 4.70. The maximum Gasteiger partial charge on any atom is 0.124 e. The van der Waals surface area contributed by atoms with E-state index < -0.39 is 0 Å². The number of hydrogen-bond acceptors (Lipinski definition) is 3. The summed E-state index contributed by atoms with van der Waals surface area (Å²) in [5, 5.41) is 0.156. The van der Waals surface area contributed by atoms with Gasteiger partial charge in [0.2, 0.25) is 0 Å². The summed E-state index contributed by atoms with van der Waals surface area (Å²) in [4.78, 5) is 2.13. The predicted molar refractivity (Wildman–Crippen MR) is 85.3 cm³/mol. The number of rotatable bonds is 5. The van der Waals surface area contributed by atoms with Gasteiger partial charge in [0, 0.05) is 15.8 Å². The molecule has 0 saturated heterocycles. The summed E-state index contributed by atoms with van der Waals surface area (Å²) in [6.07, 6.45) is 0.891. The van der Waals surface area contributed by atoms with Gasteiger partial charge in [-0.05, 0) is 52.7 Å². The van der Waals surface area contributed by atoms with Gasteiger partial charge in [-0.15, -0.1) is 23.1 Å². The van der Waals surface area contributed by atoms with E-state index in [9.17, 15) is 4.39 Å². The molecule has 0 aliphatic rings. The van der Waals surface area contributed by atoms with E-state index in [1.54, 1.807) is 35.2 Å². The van der Waals surface area contributed by atoms with E-state index in [1.165, 1.54) is 10.9 Å². The third kappa shape index (κ3) is 4.05. The van der Waals surface area contributed by atoms with Crippen LogP contribution in [0, 0.1) is 5.82 Å². The summed E-state index contributed by atoms with van der Waals surface area (Å²) in [5.41, 5.74) is 6.22. The lowest BCUT2D eigenvalue weighted by atomic mass is 10.1. The topological polar surface area (TPSA) is 26.0 Å². The van der Waals surface area contributed by atoms with Gasteiger partial charge < -0.3 is 5.73 Å². The van der Waals surface area contributed by atoms with Gasteiger partial charge in [-0.2, -0.15) is 0 Å². The Labute approximate surface area is 129 Å². The van der Waals surface area contributed by atoms with Crippen LogP contribution < -0.4 is 5.73 Å². The van der Waals surface area contributed by atoms with Crippen LogP contribution in [0.5, 0.6) is 0 Å². The van der Waals surface area contributed by atoms with Crippen molar-refractivity contribution in [2.24, 2.45) is 5.73 Å². The highest BCUT2D eigenvalue weighted by Gasteiger charge is 2.21. The van der Waals surface area contributed by atoms with Gasteiger partial charge >= 0.3 is 0 Å². The normalized spacial score (nSPS) is 14.3. The molecule has 0 fully saturated rings. The first-order valence-electron chi connectivity index (χ1n) is 6.03. The number of thiophene rings is 1. The lowest BCUT2D eigenvalue weighted by Crippen LogP contribution is -2.25. The molecule has 0 radical (unpaired) electrons. The number of benzene rings is 1. The smallest absolute Gasteiger partial charge is 0.124 e. The largest absolute Gasteiger partial charge is 0.326 e. The second-order valence-corrected chi connectivity index (χ2v) is 7.92. The lowest BCUT2D eigenvalue weighted by molar-refractivity contribution is 0.622. The molecule has 2 rings (SSSR count). The van der Waals surface area contributed by atoms with Crippen molar-refractivity contribution in [2.75, 3.05) is 0 Å². The number of halogens is 2. The fourth-order valence-electron chi connectivity index (χ4n) is 1.74. The van der Waals surface area contributed by atoms with Crippen LogP contribution in [0.2, 0.25) is 0 Å². The van der Waals surface area contributed by atoms with Gasteiger partial charge in [0.1, 0.15) is 5.82 Å². The molecule has 1 nitrogen and oxygen atoms in total. The minimum atomic E-state index is -0.207. The first-order chi connectivity index (χ1) is 9.10. The van der Waals surface area contributed by atoms with Gasteiger partial charge in [0.15, 0.2) is 0 Å². The van der Waals surface area contributed by atoms with Gasteiger partial charge in [0.25, 0.3) is 0 Å². The summed E-state index contributed by atoms with van der Waals surface area (Å²) < 4.78 is 14.4. The highest BCUT2D eigenvalue weighted by molar-refractivity contribution is 9.11. The van der Waals surface area contributed by atoms with Crippen molar-refractivity contribution in [1.29, 1.82) is 0 Å². The molecule has 0 aliphatic carbocycles. The van der Waals surface area contributed by atoms with Crippen LogP contribution in [-0.2, 0) is 0 Å². The van der Waals surface area contributed by atoms with E-state index >= 15 is 0 Å². The Morgan fingerprint density at radius 2 is 2.16 bits per heavy atom. The summed E-state index contributed by atoms with van der Waals surface area (Å²) in [6, 6.07) is 10.8. The highest BCUT2D eigenvalue weighted by Crippen LogP contribution is 2.42. The van der Waals surface area contributed by atoms with Crippen molar-refractivity contribution in [1.82, 2.24) is 0 Å². The average molecular weight is 360 g/mol. The Bertz CT molecular complexity index is 544. The summed E-state index contributed by atoms with van der Waals surface area (Å²) in [6.45, 7) is 2.08. The third-order valence-electron chi connectivity index (χ3n) is 2.79. The van der Waals surface area contributed by atoms with Crippen LogP contribution in [0.4, 0.5) is 4.39 Å². The van der Waals surface area contributed by atoms with Crippen LogP contribution in [-0.4, -0.2) is 6.04 Å². The Kier molecular flexibility index (Phi) is 5.45. The second kappa shape index (κ2) is 6.88. The minimum absolute atomic E-state index is 0.0545. The number of nitrogens with two attached hydrogens (primary N) is 1. The third-order valence-corrected chi connectivity index (χ3v) is 6.03. The van der Waals surface area contributed by atoms with E-state index in [4.69, 9.17) is 5.73 Å². The van der Waals surface area contributed by atoms with E-state index in [1.807, 2.05) is 12.1 Å². The molecule has 1 heterocycles. The molecular formula is C14H15BrFNS2. The molecule has 0 aliphatic heterocycles. The first kappa shape index (κ1) is 15.0. The zero-order chi connectivity index (χ0) is 13.8. The maximum atomic E-state index is 13.3. The van der Waals surface area contributed by atoms with Crippen LogP contribution in [0.1, 0.15) is 23.5 Å². The molecular weight excluding hydrogens is 345 g/mol. The molecule has 102 valence electrons. The molecule has 5 heteroatoms. The molecule has 1 aromatic heterocycles. The predicted octanol–water partition coefficient (Wildman–Crippen LogP) is 5.22. The van der Waals surface area contributed by atoms with Gasteiger partial charge in [-0.3, -0.25) is 0 Å². The van der Waals surface area contributed by atoms with Crippen LogP contribution >= 0.6 is 39.0 Å². The molecule has 2 N–H and O–H groups in total. The van der Waals surface area contributed by atoms with E-state index in [2.05, 4.69) is 28.9 Å². The van der Waals surface area contributed by atoms with Crippen molar-refractivity contribution in [3.05, 3.63) is 50.9 Å². The Balaban J connectivity index is 2.24. The molecule has 2 atom stereocenters. The molecule has 0 bridgehead atoms. The Morgan fingerprint density at radius 1 is 1.37 bits per heavy atom. The quantitative estimate of drug-likeness (QED) is 0.740. The number of hydrogen-bond donors (Lipinski definition) is 1. The monoisotopic (exact) mass is 359 g/mol. The van der Waals surface area contributed by atoms with E-state index in [0.29, 0.717) is 0 Å². The molecule has 2 aromatic rings. The van der Waals surface area contributed by atoms with Crippen molar-refractivity contribution in [3.8, 4) is 0 Å². The summed E-state index contributed by atoms with van der Waals surface area (Å²) in [7, 11) is 0. The Morgan fingerprint density at radius 3 is 2.74 bits per heavy atom. The molecule has 1 aromatic carbocycles. The van der Waals surface area contributed by atoms with E-state index in [0.717, 1.165) is 15.1 Å². The zero-order valence-corrected chi connectivity index (χ0v) is 13.7. The van der Waals surface area contributed by atoms with Crippen molar-refractivity contribution >= 4 is 39.0 Å². The zero-order valence-electron chi connectivity index (χ0n) is 10.5. The van der Waals surface area contributed by atoms with E-state index in [-0.39, 0.29) is 17.1 Å². The molecule has 2 unspecified atom stereocenters. The van der Waals surface area contributed by atoms with Crippen LogP contribution in [0.15, 0.2) is 45.1 Å². The number of thioether (sulfide) groups is 1. The van der Waals surface area contributed by atoms with Gasteiger partial charge in [0.05, 0.1) is 9.04 Å². The molecule has 0 saturated carbocycles. The molecule has 19 heavy (non-hydrogen) atoms. The van der Waals surface area contributed by atoms with Gasteiger partial charge in [-0.25, -0.2) is 4.39 Å². The average Bonchev–Trinajstić information content (AvgIpc) is 2.81. The van der Waals surface area contributed by atoms with Crippen molar-refractivity contribution in [2.45, 2.75) is 29.5 Å². The Hall–Kier alpha value is -0.360. The van der Waals surface area contributed by atoms with Crippen LogP contribution in [0.25, 0.3) is 0 Å². The summed E-state index contributed by atoms with van der Waals surface area (Å²) in [5.74, 6) is -0.207. The maximum absolute atomic E-state index is 13.3.